The van der Waals surface area contributed by atoms with Gasteiger partial charge >= 0.3 is 0 Å². The van der Waals surface area contributed by atoms with Gasteiger partial charge in [0.1, 0.15) is 0 Å². The topological polar surface area (TPSA) is 83.2 Å². The van der Waals surface area contributed by atoms with E-state index in [0.717, 1.165) is 24.8 Å². The van der Waals surface area contributed by atoms with Gasteiger partial charge in [0.2, 0.25) is 17.8 Å². The third-order valence-corrected chi connectivity index (χ3v) is 5.04. The number of rotatable bonds is 4. The first-order valence-corrected chi connectivity index (χ1v) is 8.21. The van der Waals surface area contributed by atoms with Gasteiger partial charge in [-0.05, 0) is 25.0 Å². The molecule has 1 atom stereocenters. The van der Waals surface area contributed by atoms with Crippen LogP contribution >= 0.6 is 11.8 Å². The van der Waals surface area contributed by atoms with E-state index in [2.05, 4.69) is 37.2 Å². The number of anilines is 3. The number of thioether (sulfide) groups is 1. The first-order valence-electron chi connectivity index (χ1n) is 7.06. The average molecular weight is 295 g/mol. The van der Waals surface area contributed by atoms with E-state index in [1.54, 1.807) is 0 Å². The summed E-state index contributed by atoms with van der Waals surface area (Å²) in [5, 5.41) is 0. The molecule has 2 fully saturated rings. The first-order chi connectivity index (χ1) is 9.78. The van der Waals surface area contributed by atoms with E-state index < -0.39 is 0 Å². The van der Waals surface area contributed by atoms with Crippen LogP contribution in [0.4, 0.5) is 17.8 Å². The third-order valence-electron chi connectivity index (χ3n) is 3.90. The number of nitrogens with zero attached hydrogens (tertiary/aromatic N) is 5. The van der Waals surface area contributed by atoms with Crippen LogP contribution in [-0.2, 0) is 0 Å². The molecule has 0 spiro atoms. The Balaban J connectivity index is 1.86. The lowest BCUT2D eigenvalue weighted by atomic mass is 10.2. The maximum Gasteiger partial charge on any atom is 0.243 e. The first kappa shape index (κ1) is 13.7. The Hall–Kier alpha value is -1.28. The van der Waals surface area contributed by atoms with Gasteiger partial charge in [0.05, 0.1) is 0 Å². The van der Waals surface area contributed by atoms with Gasteiger partial charge in [-0.25, -0.2) is 5.84 Å². The number of nitrogens with one attached hydrogen (secondary N) is 1. The van der Waals surface area contributed by atoms with Crippen molar-refractivity contribution < 1.29 is 0 Å². The minimum absolute atomic E-state index is 0.439. The molecule has 0 bridgehead atoms. The van der Waals surface area contributed by atoms with Gasteiger partial charge in [-0.2, -0.15) is 26.7 Å². The van der Waals surface area contributed by atoms with Gasteiger partial charge in [-0.1, -0.05) is 0 Å². The van der Waals surface area contributed by atoms with Crippen LogP contribution in [0.3, 0.4) is 0 Å². The molecule has 3 N–H and O–H groups in total. The zero-order chi connectivity index (χ0) is 13.9. The van der Waals surface area contributed by atoms with E-state index in [1.807, 2.05) is 11.8 Å². The van der Waals surface area contributed by atoms with E-state index >= 15 is 0 Å². The smallest absolute Gasteiger partial charge is 0.243 e. The molecule has 0 radical (unpaired) electrons. The Bertz CT molecular complexity index is 457. The SMILES string of the molecule is CN(c1nc(NN)nc(N2CCCC2)n1)C1CCSC1. The van der Waals surface area contributed by atoms with E-state index in [0.29, 0.717) is 17.9 Å². The second-order valence-corrected chi connectivity index (χ2v) is 6.38. The highest BCUT2D eigenvalue weighted by Gasteiger charge is 2.24. The molecule has 1 unspecified atom stereocenters. The van der Waals surface area contributed by atoms with Gasteiger partial charge in [0.25, 0.3) is 0 Å². The van der Waals surface area contributed by atoms with Crippen LogP contribution in [0, 0.1) is 0 Å². The van der Waals surface area contributed by atoms with Crippen LogP contribution in [0.15, 0.2) is 0 Å². The maximum atomic E-state index is 5.50. The monoisotopic (exact) mass is 295 g/mol. The summed E-state index contributed by atoms with van der Waals surface area (Å²) in [6, 6.07) is 0.499. The van der Waals surface area contributed by atoms with E-state index in [4.69, 9.17) is 5.84 Å². The molecule has 0 aromatic carbocycles. The van der Waals surface area contributed by atoms with Crippen LogP contribution in [0.1, 0.15) is 19.3 Å². The second-order valence-electron chi connectivity index (χ2n) is 5.23. The molecule has 2 aliphatic heterocycles. The molecule has 7 nitrogen and oxygen atoms in total. The Morgan fingerprint density at radius 3 is 2.75 bits per heavy atom. The van der Waals surface area contributed by atoms with Crippen LogP contribution in [0.25, 0.3) is 0 Å². The molecule has 1 aromatic heterocycles. The van der Waals surface area contributed by atoms with Crippen molar-refractivity contribution in [2.24, 2.45) is 5.84 Å². The van der Waals surface area contributed by atoms with Crippen molar-refractivity contribution in [3.63, 3.8) is 0 Å². The highest BCUT2D eigenvalue weighted by molar-refractivity contribution is 7.99. The minimum atomic E-state index is 0.439. The Morgan fingerprint density at radius 1 is 1.30 bits per heavy atom. The summed E-state index contributed by atoms with van der Waals surface area (Å²) in [7, 11) is 2.06. The quantitative estimate of drug-likeness (QED) is 0.620. The number of nitrogens with two attached hydrogens (primary N) is 1. The van der Waals surface area contributed by atoms with Crippen LogP contribution in [-0.4, -0.2) is 52.6 Å². The van der Waals surface area contributed by atoms with E-state index in [9.17, 15) is 0 Å². The average Bonchev–Trinajstić information content (AvgIpc) is 3.18. The van der Waals surface area contributed by atoms with Crippen LogP contribution in [0.5, 0.6) is 0 Å². The van der Waals surface area contributed by atoms with Gasteiger partial charge in [0, 0.05) is 31.9 Å². The molecule has 1 aromatic rings. The predicted molar refractivity (Wildman–Crippen MR) is 83.2 cm³/mol. The fourth-order valence-corrected chi connectivity index (χ4v) is 3.89. The Morgan fingerprint density at radius 2 is 2.10 bits per heavy atom. The second kappa shape index (κ2) is 6.01. The molecule has 0 amide bonds. The normalized spacial score (nSPS) is 22.3. The molecule has 2 saturated heterocycles. The summed E-state index contributed by atoms with van der Waals surface area (Å²) in [4.78, 5) is 17.8. The third kappa shape index (κ3) is 2.76. The molecule has 2 aliphatic rings. The fraction of sp³-hybridized carbons (Fsp3) is 0.750. The molecule has 0 saturated carbocycles. The predicted octanol–water partition coefficient (Wildman–Crippen LogP) is 0.699. The number of nitrogen functional groups attached to an aromatic ring is 1. The van der Waals surface area contributed by atoms with Crippen molar-refractivity contribution in [1.82, 2.24) is 15.0 Å². The summed E-state index contributed by atoms with van der Waals surface area (Å²) in [5.41, 5.74) is 2.56. The van der Waals surface area contributed by atoms with Crippen molar-refractivity contribution in [2.75, 3.05) is 46.9 Å². The standard InChI is InChI=1S/C12H21N7S/c1-18(9-4-7-20-8-9)11-14-10(17-13)15-12(16-11)19-5-2-3-6-19/h9H,2-8,13H2,1H3,(H,14,15,16,17). The van der Waals surface area contributed by atoms with E-state index in [1.165, 1.54) is 25.0 Å². The Kier molecular flexibility index (Phi) is 4.11. The highest BCUT2D eigenvalue weighted by atomic mass is 32.2. The molecule has 8 heteroatoms. The van der Waals surface area contributed by atoms with Crippen LogP contribution < -0.4 is 21.1 Å². The maximum absolute atomic E-state index is 5.50. The number of hydrogen-bond acceptors (Lipinski definition) is 8. The highest BCUT2D eigenvalue weighted by Crippen LogP contribution is 2.26. The van der Waals surface area contributed by atoms with Gasteiger partial charge < -0.3 is 9.80 Å². The zero-order valence-corrected chi connectivity index (χ0v) is 12.6. The van der Waals surface area contributed by atoms with Gasteiger partial charge in [0.15, 0.2) is 0 Å². The van der Waals surface area contributed by atoms with Crippen molar-refractivity contribution in [3.05, 3.63) is 0 Å². The van der Waals surface area contributed by atoms with Crippen LogP contribution in [0.2, 0.25) is 0 Å². The summed E-state index contributed by atoms with van der Waals surface area (Å²) in [6.45, 7) is 2.02. The Labute approximate surface area is 123 Å². The van der Waals surface area contributed by atoms with Crippen molar-refractivity contribution in [2.45, 2.75) is 25.3 Å². The lowest BCUT2D eigenvalue weighted by molar-refractivity contribution is 0.678. The molecule has 0 aliphatic carbocycles. The largest absolute Gasteiger partial charge is 0.341 e. The van der Waals surface area contributed by atoms with Crippen molar-refractivity contribution in [1.29, 1.82) is 0 Å². The molecule has 20 heavy (non-hydrogen) atoms. The minimum Gasteiger partial charge on any atom is -0.341 e. The lowest BCUT2D eigenvalue weighted by Gasteiger charge is -2.25. The van der Waals surface area contributed by atoms with Gasteiger partial charge in [-0.3, -0.25) is 5.43 Å². The number of aromatic nitrogens is 3. The summed E-state index contributed by atoms with van der Waals surface area (Å²) in [5.74, 6) is 9.72. The van der Waals surface area contributed by atoms with Crippen molar-refractivity contribution >= 4 is 29.6 Å². The van der Waals surface area contributed by atoms with Crippen molar-refractivity contribution in [3.8, 4) is 0 Å². The summed E-state index contributed by atoms with van der Waals surface area (Å²) in [6.07, 6.45) is 3.57. The number of hydrazine groups is 1. The fourth-order valence-electron chi connectivity index (χ4n) is 2.63. The lowest BCUT2D eigenvalue weighted by Crippen LogP contribution is -2.34. The number of hydrogen-bond donors (Lipinski definition) is 2. The molecule has 110 valence electrons. The zero-order valence-electron chi connectivity index (χ0n) is 11.7. The summed E-state index contributed by atoms with van der Waals surface area (Å²) < 4.78 is 0. The molecule has 3 rings (SSSR count). The molecular formula is C12H21N7S. The van der Waals surface area contributed by atoms with Gasteiger partial charge in [-0.15, -0.1) is 0 Å². The summed E-state index contributed by atoms with van der Waals surface area (Å²) >= 11 is 1.98. The molecule has 3 heterocycles. The molecular weight excluding hydrogens is 274 g/mol. The van der Waals surface area contributed by atoms with E-state index in [-0.39, 0.29) is 0 Å².